The molecule has 2 nitrogen and oxygen atoms in total. The van der Waals surface area contributed by atoms with Crippen molar-refractivity contribution in [2.45, 2.75) is 13.3 Å². The summed E-state index contributed by atoms with van der Waals surface area (Å²) in [5.74, 6) is 0.342. The fourth-order valence-electron chi connectivity index (χ4n) is 1.66. The number of nitrogens with zero attached hydrogens (tertiary/aromatic N) is 1. The highest BCUT2D eigenvalue weighted by Crippen LogP contribution is 2.14. The molecule has 2 N–H and O–H groups in total. The van der Waals surface area contributed by atoms with Gasteiger partial charge in [0.05, 0.1) is 0 Å². The molecule has 0 aliphatic carbocycles. The number of aromatic nitrogens is 1. The molecule has 0 aliphatic rings. The van der Waals surface area contributed by atoms with E-state index in [9.17, 15) is 4.39 Å². The number of halogens is 1. The van der Waals surface area contributed by atoms with Crippen LogP contribution in [0.15, 0.2) is 36.5 Å². The molecule has 2 aromatic rings. The summed E-state index contributed by atoms with van der Waals surface area (Å²) in [5, 5.41) is 0. The van der Waals surface area contributed by atoms with Crippen LogP contribution in [0.2, 0.25) is 0 Å². The number of benzene rings is 1. The van der Waals surface area contributed by atoms with Gasteiger partial charge in [0, 0.05) is 6.20 Å². The SMILES string of the molecule is Cc1cc(Cc2ccnc(N)c2)ccc1F. The highest BCUT2D eigenvalue weighted by molar-refractivity contribution is 5.35. The van der Waals surface area contributed by atoms with E-state index in [0.717, 1.165) is 17.5 Å². The summed E-state index contributed by atoms with van der Waals surface area (Å²) in [6.45, 7) is 1.76. The van der Waals surface area contributed by atoms with Gasteiger partial charge < -0.3 is 5.73 Å². The number of hydrogen-bond acceptors (Lipinski definition) is 2. The molecular formula is C13H13FN2. The predicted octanol–water partition coefficient (Wildman–Crippen LogP) is 2.70. The second-order valence-corrected chi connectivity index (χ2v) is 3.85. The highest BCUT2D eigenvalue weighted by atomic mass is 19.1. The predicted molar refractivity (Wildman–Crippen MR) is 62.6 cm³/mol. The first kappa shape index (κ1) is 10.6. The van der Waals surface area contributed by atoms with E-state index in [2.05, 4.69) is 4.98 Å². The van der Waals surface area contributed by atoms with Gasteiger partial charge in [-0.05, 0) is 48.2 Å². The van der Waals surface area contributed by atoms with Crippen LogP contribution in [-0.2, 0) is 6.42 Å². The Morgan fingerprint density at radius 1 is 1.19 bits per heavy atom. The Balaban J connectivity index is 2.24. The Morgan fingerprint density at radius 3 is 2.62 bits per heavy atom. The molecule has 1 heterocycles. The molecule has 82 valence electrons. The van der Waals surface area contributed by atoms with Gasteiger partial charge in [-0.25, -0.2) is 9.37 Å². The third-order valence-electron chi connectivity index (χ3n) is 2.48. The Hall–Kier alpha value is -1.90. The van der Waals surface area contributed by atoms with Gasteiger partial charge in [0.25, 0.3) is 0 Å². The molecule has 0 aliphatic heterocycles. The van der Waals surface area contributed by atoms with Crippen LogP contribution in [0.25, 0.3) is 0 Å². The summed E-state index contributed by atoms with van der Waals surface area (Å²) >= 11 is 0. The topological polar surface area (TPSA) is 38.9 Å². The Bertz CT molecular complexity index is 509. The Morgan fingerprint density at radius 2 is 1.94 bits per heavy atom. The minimum absolute atomic E-state index is 0.169. The van der Waals surface area contributed by atoms with Gasteiger partial charge >= 0.3 is 0 Å². The number of nitrogen functional groups attached to an aromatic ring is 1. The molecule has 0 spiro atoms. The standard InChI is InChI=1S/C13H13FN2/c1-9-6-10(2-3-12(9)14)7-11-4-5-16-13(15)8-11/h2-6,8H,7H2,1H3,(H2,15,16). The summed E-state index contributed by atoms with van der Waals surface area (Å²) in [6.07, 6.45) is 2.43. The smallest absolute Gasteiger partial charge is 0.126 e. The maximum absolute atomic E-state index is 13.1. The van der Waals surface area contributed by atoms with Crippen LogP contribution >= 0.6 is 0 Å². The molecule has 0 bridgehead atoms. The van der Waals surface area contributed by atoms with Crippen molar-refractivity contribution in [2.24, 2.45) is 0 Å². The van der Waals surface area contributed by atoms with Crippen LogP contribution in [0.5, 0.6) is 0 Å². The Labute approximate surface area is 93.9 Å². The number of rotatable bonds is 2. The molecule has 0 saturated heterocycles. The third-order valence-corrected chi connectivity index (χ3v) is 2.48. The maximum atomic E-state index is 13.1. The van der Waals surface area contributed by atoms with Crippen LogP contribution in [0, 0.1) is 12.7 Å². The van der Waals surface area contributed by atoms with Crippen LogP contribution in [0.3, 0.4) is 0 Å². The summed E-state index contributed by atoms with van der Waals surface area (Å²) in [6, 6.07) is 8.88. The minimum atomic E-state index is -0.169. The monoisotopic (exact) mass is 216 g/mol. The summed E-state index contributed by atoms with van der Waals surface area (Å²) in [4.78, 5) is 3.93. The number of anilines is 1. The largest absolute Gasteiger partial charge is 0.384 e. The molecule has 16 heavy (non-hydrogen) atoms. The van der Waals surface area contributed by atoms with Crippen molar-refractivity contribution in [3.8, 4) is 0 Å². The zero-order valence-electron chi connectivity index (χ0n) is 9.07. The lowest BCUT2D eigenvalue weighted by molar-refractivity contribution is 0.618. The van der Waals surface area contributed by atoms with E-state index in [1.807, 2.05) is 18.2 Å². The fraction of sp³-hybridized carbons (Fsp3) is 0.154. The van der Waals surface area contributed by atoms with Gasteiger partial charge in [0.2, 0.25) is 0 Å². The lowest BCUT2D eigenvalue weighted by Crippen LogP contribution is -1.94. The fourth-order valence-corrected chi connectivity index (χ4v) is 1.66. The average molecular weight is 216 g/mol. The van der Waals surface area contributed by atoms with Crippen molar-refractivity contribution in [1.29, 1.82) is 0 Å². The number of hydrogen-bond donors (Lipinski definition) is 1. The van der Waals surface area contributed by atoms with E-state index in [4.69, 9.17) is 5.73 Å². The molecule has 0 atom stereocenters. The van der Waals surface area contributed by atoms with E-state index in [1.54, 1.807) is 19.2 Å². The second kappa shape index (κ2) is 4.31. The van der Waals surface area contributed by atoms with Gasteiger partial charge in [0.15, 0.2) is 0 Å². The van der Waals surface area contributed by atoms with Gasteiger partial charge in [-0.3, -0.25) is 0 Å². The van der Waals surface area contributed by atoms with Gasteiger partial charge in [-0.2, -0.15) is 0 Å². The highest BCUT2D eigenvalue weighted by Gasteiger charge is 2.01. The van der Waals surface area contributed by atoms with Crippen LogP contribution in [0.4, 0.5) is 10.2 Å². The molecule has 1 aromatic carbocycles. The molecule has 3 heteroatoms. The molecule has 0 saturated carbocycles. The van der Waals surface area contributed by atoms with Crippen molar-refractivity contribution in [3.63, 3.8) is 0 Å². The molecule has 0 radical (unpaired) electrons. The number of pyridine rings is 1. The Kier molecular flexibility index (Phi) is 2.86. The number of aryl methyl sites for hydroxylation is 1. The quantitative estimate of drug-likeness (QED) is 0.838. The average Bonchev–Trinajstić information content (AvgIpc) is 2.24. The van der Waals surface area contributed by atoms with Gasteiger partial charge in [-0.1, -0.05) is 12.1 Å². The lowest BCUT2D eigenvalue weighted by Gasteiger charge is -2.04. The maximum Gasteiger partial charge on any atom is 0.126 e. The normalized spacial score (nSPS) is 10.4. The molecule has 0 unspecified atom stereocenters. The van der Waals surface area contributed by atoms with E-state index < -0.39 is 0 Å². The first-order valence-electron chi connectivity index (χ1n) is 5.10. The van der Waals surface area contributed by atoms with Crippen LogP contribution in [-0.4, -0.2) is 4.98 Å². The van der Waals surface area contributed by atoms with Crippen molar-refractivity contribution < 1.29 is 4.39 Å². The van der Waals surface area contributed by atoms with E-state index in [0.29, 0.717) is 11.4 Å². The second-order valence-electron chi connectivity index (χ2n) is 3.85. The minimum Gasteiger partial charge on any atom is -0.384 e. The van der Waals surface area contributed by atoms with Crippen LogP contribution in [0.1, 0.15) is 16.7 Å². The zero-order chi connectivity index (χ0) is 11.5. The van der Waals surface area contributed by atoms with Gasteiger partial charge in [0.1, 0.15) is 11.6 Å². The molecule has 0 fully saturated rings. The first-order valence-corrected chi connectivity index (χ1v) is 5.10. The molecule has 0 amide bonds. The summed E-state index contributed by atoms with van der Waals surface area (Å²) < 4.78 is 13.1. The van der Waals surface area contributed by atoms with E-state index in [-0.39, 0.29) is 5.82 Å². The van der Waals surface area contributed by atoms with E-state index >= 15 is 0 Å². The van der Waals surface area contributed by atoms with Crippen molar-refractivity contribution in [2.75, 3.05) is 5.73 Å². The van der Waals surface area contributed by atoms with Crippen molar-refractivity contribution in [3.05, 3.63) is 59.0 Å². The summed E-state index contributed by atoms with van der Waals surface area (Å²) in [7, 11) is 0. The lowest BCUT2D eigenvalue weighted by atomic mass is 10.0. The molecule has 2 rings (SSSR count). The van der Waals surface area contributed by atoms with Crippen LogP contribution < -0.4 is 5.73 Å². The zero-order valence-corrected chi connectivity index (χ0v) is 9.07. The van der Waals surface area contributed by atoms with E-state index in [1.165, 1.54) is 6.07 Å². The van der Waals surface area contributed by atoms with Crippen molar-refractivity contribution >= 4 is 5.82 Å². The summed E-state index contributed by atoms with van der Waals surface area (Å²) in [5.41, 5.74) is 8.42. The molecule has 1 aromatic heterocycles. The van der Waals surface area contributed by atoms with Gasteiger partial charge in [-0.15, -0.1) is 0 Å². The number of nitrogens with two attached hydrogens (primary N) is 1. The first-order chi connectivity index (χ1) is 7.65. The van der Waals surface area contributed by atoms with Crippen molar-refractivity contribution in [1.82, 2.24) is 4.98 Å². The molecular weight excluding hydrogens is 203 g/mol. The third kappa shape index (κ3) is 2.37.